The fraction of sp³-hybridized carbons (Fsp3) is 0.133. The summed E-state index contributed by atoms with van der Waals surface area (Å²) in [6, 6.07) is 5.74. The lowest BCUT2D eigenvalue weighted by Crippen LogP contribution is -1.96. The average molecular weight is 340 g/mol. The summed E-state index contributed by atoms with van der Waals surface area (Å²) in [6.07, 6.45) is 3.35. The Bertz CT molecular complexity index is 976. The van der Waals surface area contributed by atoms with Crippen LogP contribution in [0.3, 0.4) is 0 Å². The van der Waals surface area contributed by atoms with Crippen molar-refractivity contribution in [2.24, 2.45) is 7.05 Å². The molecule has 0 spiro atoms. The van der Waals surface area contributed by atoms with Gasteiger partial charge >= 0.3 is 0 Å². The lowest BCUT2D eigenvalue weighted by atomic mass is 10.3. The molecule has 0 aliphatic heterocycles. The average Bonchev–Trinajstić information content (AvgIpc) is 3.13. The third-order valence-corrected chi connectivity index (χ3v) is 5.68. The molecule has 0 bridgehead atoms. The van der Waals surface area contributed by atoms with Crippen LogP contribution >= 0.6 is 23.1 Å². The van der Waals surface area contributed by atoms with Gasteiger partial charge in [0.1, 0.15) is 17.0 Å². The van der Waals surface area contributed by atoms with Gasteiger partial charge in [-0.1, -0.05) is 6.07 Å². The van der Waals surface area contributed by atoms with Gasteiger partial charge in [-0.2, -0.15) is 0 Å². The van der Waals surface area contributed by atoms with Gasteiger partial charge in [0, 0.05) is 13.2 Å². The summed E-state index contributed by atoms with van der Waals surface area (Å²) < 4.78 is 3.01. The molecule has 0 unspecified atom stereocenters. The van der Waals surface area contributed by atoms with Crippen LogP contribution in [0.15, 0.2) is 46.3 Å². The van der Waals surface area contributed by atoms with Gasteiger partial charge in [0.25, 0.3) is 0 Å². The molecule has 114 valence electrons. The minimum Gasteiger partial charge on any atom is -0.304 e. The van der Waals surface area contributed by atoms with E-state index in [2.05, 4.69) is 37.5 Å². The van der Waals surface area contributed by atoms with E-state index < -0.39 is 0 Å². The Morgan fingerprint density at radius 3 is 2.87 bits per heavy atom. The molecule has 4 aromatic rings. The van der Waals surface area contributed by atoms with Crippen molar-refractivity contribution in [1.82, 2.24) is 29.7 Å². The van der Waals surface area contributed by atoms with Crippen LogP contribution in [0.4, 0.5) is 0 Å². The molecule has 0 saturated heterocycles. The molecule has 8 heteroatoms. The van der Waals surface area contributed by atoms with Crippen molar-refractivity contribution in [2.45, 2.75) is 17.1 Å². The number of hydrogen-bond acceptors (Lipinski definition) is 7. The number of pyridine rings is 1. The van der Waals surface area contributed by atoms with Crippen molar-refractivity contribution in [3.8, 4) is 11.5 Å². The zero-order valence-corrected chi connectivity index (χ0v) is 14.1. The Morgan fingerprint density at radius 2 is 2.04 bits per heavy atom. The van der Waals surface area contributed by atoms with Gasteiger partial charge in [0.2, 0.25) is 0 Å². The van der Waals surface area contributed by atoms with Crippen molar-refractivity contribution in [2.75, 3.05) is 0 Å². The monoisotopic (exact) mass is 340 g/mol. The molecule has 0 N–H and O–H groups in total. The lowest BCUT2D eigenvalue weighted by Gasteiger charge is -2.03. The first-order valence-corrected chi connectivity index (χ1v) is 8.61. The Kier molecular flexibility index (Phi) is 3.55. The summed E-state index contributed by atoms with van der Waals surface area (Å²) in [5.41, 5.74) is 2.97. The predicted molar refractivity (Wildman–Crippen MR) is 90.5 cm³/mol. The van der Waals surface area contributed by atoms with Crippen LogP contribution in [0, 0.1) is 6.92 Å². The number of hydrogen-bond donors (Lipinski definition) is 0. The first-order valence-electron chi connectivity index (χ1n) is 6.91. The minimum atomic E-state index is 0.737. The highest BCUT2D eigenvalue weighted by Gasteiger charge is 2.16. The van der Waals surface area contributed by atoms with Crippen molar-refractivity contribution in [3.05, 3.63) is 41.7 Å². The van der Waals surface area contributed by atoms with Gasteiger partial charge in [0.05, 0.1) is 10.2 Å². The molecular weight excluding hydrogens is 328 g/mol. The van der Waals surface area contributed by atoms with Crippen LogP contribution in [-0.2, 0) is 7.05 Å². The van der Waals surface area contributed by atoms with Gasteiger partial charge in [-0.25, -0.2) is 9.97 Å². The van der Waals surface area contributed by atoms with E-state index in [9.17, 15) is 0 Å². The summed E-state index contributed by atoms with van der Waals surface area (Å²) in [4.78, 5) is 13.1. The van der Waals surface area contributed by atoms with E-state index in [1.165, 1.54) is 17.3 Å². The first kappa shape index (κ1) is 14.3. The van der Waals surface area contributed by atoms with E-state index in [0.717, 1.165) is 31.9 Å². The molecule has 6 nitrogen and oxygen atoms in total. The molecule has 4 heterocycles. The van der Waals surface area contributed by atoms with E-state index in [1.54, 1.807) is 23.9 Å². The Balaban J connectivity index is 1.73. The number of fused-ring (bicyclic) bond motifs is 1. The Labute approximate surface area is 140 Å². The van der Waals surface area contributed by atoms with Crippen LogP contribution in [0.1, 0.15) is 5.56 Å². The summed E-state index contributed by atoms with van der Waals surface area (Å²) in [7, 11) is 1.93. The van der Waals surface area contributed by atoms with E-state index in [-0.39, 0.29) is 0 Å². The largest absolute Gasteiger partial charge is 0.304 e. The molecule has 4 rings (SSSR count). The van der Waals surface area contributed by atoms with Gasteiger partial charge < -0.3 is 4.57 Å². The first-order chi connectivity index (χ1) is 11.2. The van der Waals surface area contributed by atoms with Crippen molar-refractivity contribution in [1.29, 1.82) is 0 Å². The molecule has 0 amide bonds. The predicted octanol–water partition coefficient (Wildman–Crippen LogP) is 3.34. The van der Waals surface area contributed by atoms with Gasteiger partial charge in [-0.15, -0.1) is 21.5 Å². The molecule has 0 atom stereocenters. The number of nitrogens with zero attached hydrogens (tertiary/aromatic N) is 6. The minimum absolute atomic E-state index is 0.737. The lowest BCUT2D eigenvalue weighted by molar-refractivity contribution is 0.791. The van der Waals surface area contributed by atoms with Crippen LogP contribution in [0.25, 0.3) is 21.7 Å². The van der Waals surface area contributed by atoms with E-state index in [1.807, 2.05) is 29.8 Å². The molecule has 0 radical (unpaired) electrons. The number of aryl methyl sites for hydroxylation is 1. The molecule has 0 fully saturated rings. The highest BCUT2D eigenvalue weighted by molar-refractivity contribution is 7.99. The van der Waals surface area contributed by atoms with Crippen molar-refractivity contribution in [3.63, 3.8) is 0 Å². The van der Waals surface area contributed by atoms with E-state index in [4.69, 9.17) is 0 Å². The smallest absolute Gasteiger partial charge is 0.197 e. The Hall–Kier alpha value is -2.32. The van der Waals surface area contributed by atoms with Gasteiger partial charge in [-0.3, -0.25) is 4.98 Å². The quantitative estimate of drug-likeness (QED) is 0.533. The normalized spacial score (nSPS) is 11.2. The third kappa shape index (κ3) is 2.49. The number of rotatable bonds is 3. The second kappa shape index (κ2) is 5.71. The molecule has 23 heavy (non-hydrogen) atoms. The molecule has 0 aliphatic carbocycles. The van der Waals surface area contributed by atoms with Crippen molar-refractivity contribution < 1.29 is 0 Å². The second-order valence-corrected chi connectivity index (χ2v) is 6.79. The van der Waals surface area contributed by atoms with Gasteiger partial charge in [0.15, 0.2) is 11.0 Å². The standard InChI is InChI=1S/C15H12N6S2/c1-9-7-22-12-11(9)17-8-18-14(12)23-15-20-19-13(21(15)2)10-5-3-4-6-16-10/h3-8H,1-2H3. The zero-order valence-electron chi connectivity index (χ0n) is 12.5. The fourth-order valence-electron chi connectivity index (χ4n) is 2.23. The highest BCUT2D eigenvalue weighted by Crippen LogP contribution is 2.35. The van der Waals surface area contributed by atoms with E-state index in [0.29, 0.717) is 0 Å². The van der Waals surface area contributed by atoms with Crippen LogP contribution in [-0.4, -0.2) is 29.7 Å². The number of thiophene rings is 1. The summed E-state index contributed by atoms with van der Waals surface area (Å²) in [6.45, 7) is 2.06. The maximum atomic E-state index is 4.40. The summed E-state index contributed by atoms with van der Waals surface area (Å²) in [5, 5.41) is 12.3. The summed E-state index contributed by atoms with van der Waals surface area (Å²) in [5.74, 6) is 0.737. The molecular formula is C15H12N6S2. The maximum Gasteiger partial charge on any atom is 0.197 e. The molecule has 0 aliphatic rings. The topological polar surface area (TPSA) is 69.4 Å². The molecule has 0 saturated carbocycles. The second-order valence-electron chi connectivity index (χ2n) is 4.96. The number of aromatic nitrogens is 6. The third-order valence-electron chi connectivity index (χ3n) is 3.42. The van der Waals surface area contributed by atoms with Crippen LogP contribution in [0.2, 0.25) is 0 Å². The van der Waals surface area contributed by atoms with E-state index >= 15 is 0 Å². The summed E-state index contributed by atoms with van der Waals surface area (Å²) >= 11 is 3.15. The van der Waals surface area contributed by atoms with Gasteiger partial charge in [-0.05, 0) is 41.8 Å². The SMILES string of the molecule is Cc1csc2c(Sc3nnc(-c4ccccn4)n3C)ncnc12. The maximum absolute atomic E-state index is 4.40. The van der Waals surface area contributed by atoms with Crippen LogP contribution in [0.5, 0.6) is 0 Å². The fourth-order valence-corrected chi connectivity index (χ4v) is 4.15. The highest BCUT2D eigenvalue weighted by atomic mass is 32.2. The molecule has 4 aromatic heterocycles. The Morgan fingerprint density at radius 1 is 1.13 bits per heavy atom. The zero-order chi connectivity index (χ0) is 15.8. The molecule has 0 aromatic carbocycles. The van der Waals surface area contributed by atoms with Crippen LogP contribution < -0.4 is 0 Å². The van der Waals surface area contributed by atoms with Crippen molar-refractivity contribution >= 4 is 33.3 Å².